The summed E-state index contributed by atoms with van der Waals surface area (Å²) in [4.78, 5) is 20.1. The number of hydrogen-bond donors (Lipinski definition) is 1. The number of rotatable bonds is 8. The zero-order valence-corrected chi connectivity index (χ0v) is 20.5. The number of amides is 1. The number of piperidine rings is 1. The third kappa shape index (κ3) is 5.12. The molecule has 0 atom stereocenters. The van der Waals surface area contributed by atoms with E-state index in [1.54, 1.807) is 29.2 Å². The highest BCUT2D eigenvalue weighted by atomic mass is 16.1. The van der Waals surface area contributed by atoms with Crippen LogP contribution in [0.5, 0.6) is 0 Å². The van der Waals surface area contributed by atoms with E-state index >= 15 is 0 Å². The number of carbonyl (C=O) groups is 1. The molecule has 3 aromatic heterocycles. The smallest absolute Gasteiger partial charge is 0.262 e. The van der Waals surface area contributed by atoms with Crippen molar-refractivity contribution in [3.63, 3.8) is 0 Å². The van der Waals surface area contributed by atoms with E-state index in [4.69, 9.17) is 5.10 Å². The minimum absolute atomic E-state index is 0.246. The highest BCUT2D eigenvalue weighted by Crippen LogP contribution is 2.30. The number of hydrogen-bond acceptors (Lipinski definition) is 5. The summed E-state index contributed by atoms with van der Waals surface area (Å²) in [5.41, 5.74) is 4.10. The van der Waals surface area contributed by atoms with Gasteiger partial charge in [0, 0.05) is 24.4 Å². The Labute approximate surface area is 206 Å². The molecule has 1 aliphatic rings. The van der Waals surface area contributed by atoms with Crippen molar-refractivity contribution in [3.8, 4) is 5.69 Å². The van der Waals surface area contributed by atoms with Gasteiger partial charge in [-0.25, -0.2) is 14.2 Å². The summed E-state index contributed by atoms with van der Waals surface area (Å²) in [6, 6.07) is 12.0. The van der Waals surface area contributed by atoms with Crippen molar-refractivity contribution >= 4 is 17.4 Å². The van der Waals surface area contributed by atoms with E-state index < -0.39 is 0 Å². The van der Waals surface area contributed by atoms with Crippen molar-refractivity contribution in [2.24, 2.45) is 0 Å². The lowest BCUT2D eigenvalue weighted by Crippen LogP contribution is -2.33. The molecular weight excluding hydrogens is 438 g/mol. The Kier molecular flexibility index (Phi) is 6.90. The Balaban J connectivity index is 1.38. The molecule has 0 aliphatic carbocycles. The molecule has 1 fully saturated rings. The van der Waals surface area contributed by atoms with Gasteiger partial charge in [0.2, 0.25) is 0 Å². The third-order valence-corrected chi connectivity index (χ3v) is 6.86. The van der Waals surface area contributed by atoms with Gasteiger partial charge in [0.25, 0.3) is 5.91 Å². The first kappa shape index (κ1) is 23.2. The van der Waals surface area contributed by atoms with E-state index in [0.29, 0.717) is 22.9 Å². The van der Waals surface area contributed by atoms with E-state index in [9.17, 15) is 4.79 Å². The average Bonchev–Trinajstić information content (AvgIpc) is 3.50. The molecule has 182 valence electrons. The average molecular weight is 472 g/mol. The number of benzene rings is 1. The Morgan fingerprint density at radius 1 is 1.14 bits per heavy atom. The molecule has 0 radical (unpaired) electrons. The monoisotopic (exact) mass is 471 g/mol. The first-order chi connectivity index (χ1) is 17.1. The molecule has 1 saturated heterocycles. The molecule has 1 amide bonds. The largest absolute Gasteiger partial charge is 0.306 e. The number of unbranched alkanes of at least 4 members (excludes halogenated alkanes) is 2. The van der Waals surface area contributed by atoms with Crippen LogP contribution in [0.2, 0.25) is 0 Å². The normalized spacial score (nSPS) is 15.0. The summed E-state index contributed by atoms with van der Waals surface area (Å²) in [6.07, 6.45) is 11.0. The second-order valence-corrected chi connectivity index (χ2v) is 9.43. The fourth-order valence-corrected chi connectivity index (χ4v) is 4.78. The maximum Gasteiger partial charge on any atom is 0.262 e. The predicted octanol–water partition coefficient (Wildman–Crippen LogP) is 4.85. The van der Waals surface area contributed by atoms with E-state index in [2.05, 4.69) is 46.3 Å². The zero-order chi connectivity index (χ0) is 24.2. The number of anilines is 1. The first-order valence-electron chi connectivity index (χ1n) is 12.6. The maximum absolute atomic E-state index is 13.2. The molecule has 1 aliphatic heterocycles. The van der Waals surface area contributed by atoms with Crippen LogP contribution in [0.4, 0.5) is 5.82 Å². The molecule has 0 spiro atoms. The fourth-order valence-electron chi connectivity index (χ4n) is 4.78. The first-order valence-corrected chi connectivity index (χ1v) is 12.6. The van der Waals surface area contributed by atoms with E-state index in [-0.39, 0.29) is 5.91 Å². The molecule has 4 heterocycles. The number of aryl methyl sites for hydroxylation is 1. The lowest BCUT2D eigenvalue weighted by Gasteiger charge is -2.31. The molecule has 0 saturated carbocycles. The summed E-state index contributed by atoms with van der Waals surface area (Å²) in [5.74, 6) is 0.803. The number of fused-ring (bicyclic) bond motifs is 1. The summed E-state index contributed by atoms with van der Waals surface area (Å²) >= 11 is 0. The molecule has 1 N–H and O–H groups in total. The lowest BCUT2D eigenvalue weighted by molar-refractivity contribution is 0.102. The molecule has 1 aromatic carbocycles. The minimum atomic E-state index is -0.246. The Bertz CT molecular complexity index is 1280. The number of nitrogens with zero attached hydrogens (tertiary/aromatic N) is 6. The fraction of sp³-hybridized carbons (Fsp3) is 0.407. The van der Waals surface area contributed by atoms with Crippen LogP contribution in [0.15, 0.2) is 55.0 Å². The van der Waals surface area contributed by atoms with Crippen LogP contribution in [0, 0.1) is 6.92 Å². The predicted molar refractivity (Wildman–Crippen MR) is 137 cm³/mol. The molecule has 35 heavy (non-hydrogen) atoms. The van der Waals surface area contributed by atoms with E-state index in [1.807, 2.05) is 22.9 Å². The van der Waals surface area contributed by atoms with E-state index in [0.717, 1.165) is 37.3 Å². The van der Waals surface area contributed by atoms with Crippen molar-refractivity contribution in [3.05, 3.63) is 71.8 Å². The van der Waals surface area contributed by atoms with Crippen LogP contribution >= 0.6 is 0 Å². The van der Waals surface area contributed by atoms with Gasteiger partial charge in [-0.3, -0.25) is 4.79 Å². The molecule has 8 heteroatoms. The Morgan fingerprint density at radius 2 is 1.94 bits per heavy atom. The standard InChI is InChI=1S/C27H33N7O/c1-3-4-5-14-32-16-11-21(12-17-32)24-18-25(34(31-24)22-9-7-20(2)8-10-22)30-27(35)23-19-29-33-15-6-13-28-26(23)33/h6-10,13,15,18-19,21H,3-5,11-12,14,16-17H2,1-2H3,(H,30,35). The van der Waals surface area contributed by atoms with Crippen molar-refractivity contribution < 1.29 is 4.79 Å². The van der Waals surface area contributed by atoms with Gasteiger partial charge in [0.1, 0.15) is 11.4 Å². The molecule has 0 unspecified atom stereocenters. The zero-order valence-electron chi connectivity index (χ0n) is 20.5. The topological polar surface area (TPSA) is 80.4 Å². The van der Waals surface area contributed by atoms with Crippen LogP contribution < -0.4 is 5.32 Å². The van der Waals surface area contributed by atoms with Gasteiger partial charge in [-0.1, -0.05) is 37.5 Å². The van der Waals surface area contributed by atoms with Gasteiger partial charge in [-0.05, 0) is 64.0 Å². The lowest BCUT2D eigenvalue weighted by atomic mass is 9.93. The van der Waals surface area contributed by atoms with E-state index in [1.165, 1.54) is 31.4 Å². The number of likely N-dealkylation sites (tertiary alicyclic amines) is 1. The van der Waals surface area contributed by atoms with Crippen molar-refractivity contribution in [2.45, 2.75) is 51.9 Å². The molecule has 8 nitrogen and oxygen atoms in total. The van der Waals surface area contributed by atoms with Crippen LogP contribution in [-0.4, -0.2) is 54.8 Å². The minimum Gasteiger partial charge on any atom is -0.306 e. The summed E-state index contributed by atoms with van der Waals surface area (Å²) in [5, 5.41) is 12.3. The molecule has 5 rings (SSSR count). The SMILES string of the molecule is CCCCCN1CCC(c2cc(NC(=O)c3cnn4cccnc34)n(-c3ccc(C)cc3)n2)CC1. The van der Waals surface area contributed by atoms with Crippen molar-refractivity contribution in [2.75, 3.05) is 25.0 Å². The summed E-state index contributed by atoms with van der Waals surface area (Å²) < 4.78 is 3.45. The molecule has 4 aromatic rings. The Hall–Kier alpha value is -3.52. The molecule has 0 bridgehead atoms. The highest BCUT2D eigenvalue weighted by molar-refractivity contribution is 6.07. The van der Waals surface area contributed by atoms with Gasteiger partial charge in [-0.2, -0.15) is 10.2 Å². The number of aromatic nitrogens is 5. The van der Waals surface area contributed by atoms with Gasteiger partial charge in [-0.15, -0.1) is 0 Å². The van der Waals surface area contributed by atoms with Crippen LogP contribution in [-0.2, 0) is 0 Å². The maximum atomic E-state index is 13.2. The van der Waals surface area contributed by atoms with Gasteiger partial charge < -0.3 is 10.2 Å². The number of nitrogens with one attached hydrogen (secondary N) is 1. The second-order valence-electron chi connectivity index (χ2n) is 9.43. The highest BCUT2D eigenvalue weighted by Gasteiger charge is 2.25. The van der Waals surface area contributed by atoms with Gasteiger partial charge >= 0.3 is 0 Å². The van der Waals surface area contributed by atoms with Crippen molar-refractivity contribution in [1.82, 2.24) is 29.3 Å². The Morgan fingerprint density at radius 3 is 2.71 bits per heavy atom. The third-order valence-electron chi connectivity index (χ3n) is 6.86. The number of carbonyl (C=O) groups excluding carboxylic acids is 1. The molecular formula is C27H33N7O. The second kappa shape index (κ2) is 10.4. The van der Waals surface area contributed by atoms with Gasteiger partial charge in [0.05, 0.1) is 17.6 Å². The van der Waals surface area contributed by atoms with Crippen LogP contribution in [0.25, 0.3) is 11.3 Å². The van der Waals surface area contributed by atoms with Crippen LogP contribution in [0.3, 0.4) is 0 Å². The summed E-state index contributed by atoms with van der Waals surface area (Å²) in [7, 11) is 0. The summed E-state index contributed by atoms with van der Waals surface area (Å²) in [6.45, 7) is 7.70. The van der Waals surface area contributed by atoms with Crippen LogP contribution in [0.1, 0.15) is 66.6 Å². The van der Waals surface area contributed by atoms with Gasteiger partial charge in [0.15, 0.2) is 5.65 Å². The quantitative estimate of drug-likeness (QED) is 0.372. The van der Waals surface area contributed by atoms with Crippen molar-refractivity contribution in [1.29, 1.82) is 0 Å².